The van der Waals surface area contributed by atoms with E-state index in [4.69, 9.17) is 5.73 Å². The highest BCUT2D eigenvalue weighted by atomic mass is 19.1. The van der Waals surface area contributed by atoms with Gasteiger partial charge >= 0.3 is 0 Å². The van der Waals surface area contributed by atoms with Crippen molar-refractivity contribution < 1.29 is 9.50 Å². The molecule has 5 nitrogen and oxygen atoms in total. The fraction of sp³-hybridized carbons (Fsp3) is 0.600. The summed E-state index contributed by atoms with van der Waals surface area (Å²) in [7, 11) is 0. The van der Waals surface area contributed by atoms with Crippen LogP contribution in [0.4, 0.5) is 16.2 Å². The lowest BCUT2D eigenvalue weighted by molar-refractivity contribution is 0.201. The number of rotatable bonds is 5. The molecule has 0 unspecified atom stereocenters. The van der Waals surface area contributed by atoms with Crippen LogP contribution in [0.5, 0.6) is 0 Å². The van der Waals surface area contributed by atoms with Crippen LogP contribution in [-0.2, 0) is 0 Å². The zero-order valence-electron chi connectivity index (χ0n) is 9.50. The van der Waals surface area contributed by atoms with Crippen LogP contribution in [0.1, 0.15) is 26.7 Å². The number of aliphatic hydroxyl groups is 1. The number of aromatic nitrogens is 2. The summed E-state index contributed by atoms with van der Waals surface area (Å²) in [5.74, 6) is -0.540. The minimum atomic E-state index is -0.575. The van der Waals surface area contributed by atoms with Crippen LogP contribution in [0.3, 0.4) is 0 Å². The lowest BCUT2D eigenvalue weighted by Gasteiger charge is -2.31. The van der Waals surface area contributed by atoms with Crippen LogP contribution in [0.25, 0.3) is 0 Å². The molecule has 0 aromatic carbocycles. The molecular weight excluding hydrogens is 211 g/mol. The van der Waals surface area contributed by atoms with Crippen molar-refractivity contribution in [1.82, 2.24) is 9.97 Å². The topological polar surface area (TPSA) is 84.1 Å². The minimum absolute atomic E-state index is 0.00273. The largest absolute Gasteiger partial charge is 0.394 e. The fourth-order valence-corrected chi connectivity index (χ4v) is 1.41. The number of nitrogens with one attached hydrogen (secondary N) is 1. The summed E-state index contributed by atoms with van der Waals surface area (Å²) in [5.41, 5.74) is 4.81. The molecular formula is C10H17FN4O. The molecule has 16 heavy (non-hydrogen) atoms. The summed E-state index contributed by atoms with van der Waals surface area (Å²) in [6.45, 7) is 3.73. The molecule has 1 aromatic heterocycles. The highest BCUT2D eigenvalue weighted by molar-refractivity contribution is 5.41. The first-order valence-corrected chi connectivity index (χ1v) is 5.24. The van der Waals surface area contributed by atoms with Crippen LogP contribution >= 0.6 is 0 Å². The minimum Gasteiger partial charge on any atom is -0.394 e. The number of nitrogen functional groups attached to an aromatic ring is 1. The van der Waals surface area contributed by atoms with Crippen LogP contribution in [0, 0.1) is 5.82 Å². The Bertz CT molecular complexity index is 346. The Morgan fingerprint density at radius 3 is 2.62 bits per heavy atom. The Kier molecular flexibility index (Phi) is 4.00. The second kappa shape index (κ2) is 5.07. The molecule has 4 N–H and O–H groups in total. The summed E-state index contributed by atoms with van der Waals surface area (Å²) >= 11 is 0. The van der Waals surface area contributed by atoms with E-state index in [2.05, 4.69) is 15.3 Å². The summed E-state index contributed by atoms with van der Waals surface area (Å²) in [4.78, 5) is 7.31. The molecule has 0 amide bonds. The molecule has 0 atom stereocenters. The van der Waals surface area contributed by atoms with E-state index in [1.54, 1.807) is 0 Å². The van der Waals surface area contributed by atoms with Crippen molar-refractivity contribution in [2.75, 3.05) is 17.7 Å². The second-order valence-corrected chi connectivity index (χ2v) is 3.70. The van der Waals surface area contributed by atoms with Crippen molar-refractivity contribution in [3.05, 3.63) is 12.0 Å². The third kappa shape index (κ3) is 2.57. The first-order valence-electron chi connectivity index (χ1n) is 5.24. The molecule has 1 aromatic rings. The van der Waals surface area contributed by atoms with Gasteiger partial charge in [0.2, 0.25) is 5.95 Å². The molecule has 0 saturated heterocycles. The fourth-order valence-electron chi connectivity index (χ4n) is 1.41. The summed E-state index contributed by atoms with van der Waals surface area (Å²) < 4.78 is 13.4. The molecule has 6 heteroatoms. The summed E-state index contributed by atoms with van der Waals surface area (Å²) in [6, 6.07) is 0. The predicted octanol–water partition coefficient (Wildman–Crippen LogP) is 1.16. The van der Waals surface area contributed by atoms with E-state index in [-0.39, 0.29) is 18.4 Å². The maximum atomic E-state index is 13.4. The standard InChI is InChI=1S/C10H17FN4O/c1-3-10(4-2,6-16)15-8-7(11)5-13-9(12)14-8/h5,16H,3-4,6H2,1-2H3,(H3,12,13,14,15). The van der Waals surface area contributed by atoms with E-state index in [1.807, 2.05) is 13.8 Å². The summed E-state index contributed by atoms with van der Waals surface area (Å²) in [6.07, 6.45) is 2.32. The smallest absolute Gasteiger partial charge is 0.222 e. The Morgan fingerprint density at radius 2 is 2.12 bits per heavy atom. The third-order valence-corrected chi connectivity index (χ3v) is 2.80. The van der Waals surface area contributed by atoms with E-state index in [9.17, 15) is 9.50 Å². The highest BCUT2D eigenvalue weighted by Crippen LogP contribution is 2.22. The maximum absolute atomic E-state index is 13.4. The molecule has 0 spiro atoms. The molecule has 0 fully saturated rings. The van der Waals surface area contributed by atoms with Crippen molar-refractivity contribution >= 4 is 11.8 Å². The molecule has 0 aliphatic heterocycles. The van der Waals surface area contributed by atoms with Gasteiger partial charge in [-0.15, -0.1) is 0 Å². The Balaban J connectivity index is 2.97. The Hall–Kier alpha value is -1.43. The van der Waals surface area contributed by atoms with Gasteiger partial charge in [-0.25, -0.2) is 9.37 Å². The van der Waals surface area contributed by atoms with Crippen molar-refractivity contribution in [1.29, 1.82) is 0 Å². The van der Waals surface area contributed by atoms with Gasteiger partial charge in [0.25, 0.3) is 0 Å². The molecule has 0 bridgehead atoms. The average molecular weight is 228 g/mol. The van der Waals surface area contributed by atoms with Gasteiger partial charge in [-0.1, -0.05) is 13.8 Å². The van der Waals surface area contributed by atoms with Gasteiger partial charge in [0.15, 0.2) is 11.6 Å². The second-order valence-electron chi connectivity index (χ2n) is 3.70. The molecule has 0 saturated carbocycles. The lowest BCUT2D eigenvalue weighted by Crippen LogP contribution is -2.41. The highest BCUT2D eigenvalue weighted by Gasteiger charge is 2.26. The first kappa shape index (κ1) is 12.6. The van der Waals surface area contributed by atoms with Gasteiger partial charge in [0, 0.05) is 0 Å². The van der Waals surface area contributed by atoms with E-state index in [0.29, 0.717) is 12.8 Å². The predicted molar refractivity (Wildman–Crippen MR) is 60.4 cm³/mol. The van der Waals surface area contributed by atoms with Gasteiger partial charge in [0.1, 0.15) is 0 Å². The SMILES string of the molecule is CCC(CC)(CO)Nc1nc(N)ncc1F. The Morgan fingerprint density at radius 1 is 1.50 bits per heavy atom. The van der Waals surface area contributed by atoms with E-state index in [0.717, 1.165) is 6.20 Å². The lowest BCUT2D eigenvalue weighted by atomic mass is 9.94. The normalized spacial score (nSPS) is 11.5. The van der Waals surface area contributed by atoms with E-state index >= 15 is 0 Å². The van der Waals surface area contributed by atoms with Gasteiger partial charge < -0.3 is 16.2 Å². The molecule has 0 aliphatic carbocycles. The number of nitrogens with two attached hydrogens (primary N) is 1. The van der Waals surface area contributed by atoms with Crippen molar-refractivity contribution in [3.63, 3.8) is 0 Å². The molecule has 0 aliphatic rings. The zero-order chi connectivity index (χ0) is 12.2. The number of nitrogens with zero attached hydrogens (tertiary/aromatic N) is 2. The van der Waals surface area contributed by atoms with Crippen molar-refractivity contribution in [2.45, 2.75) is 32.2 Å². The van der Waals surface area contributed by atoms with Crippen LogP contribution in [0.15, 0.2) is 6.20 Å². The van der Waals surface area contributed by atoms with Gasteiger partial charge in [-0.2, -0.15) is 4.98 Å². The number of aliphatic hydroxyl groups excluding tert-OH is 1. The first-order chi connectivity index (χ1) is 7.56. The molecule has 1 heterocycles. The van der Waals surface area contributed by atoms with E-state index in [1.165, 1.54) is 0 Å². The number of anilines is 2. The Labute approximate surface area is 93.9 Å². The maximum Gasteiger partial charge on any atom is 0.222 e. The molecule has 0 radical (unpaired) electrons. The quantitative estimate of drug-likeness (QED) is 0.704. The number of halogens is 1. The van der Waals surface area contributed by atoms with E-state index < -0.39 is 11.4 Å². The van der Waals surface area contributed by atoms with Gasteiger partial charge in [0.05, 0.1) is 18.3 Å². The molecule has 90 valence electrons. The van der Waals surface area contributed by atoms with Crippen LogP contribution in [-0.4, -0.2) is 27.2 Å². The average Bonchev–Trinajstić information content (AvgIpc) is 2.31. The van der Waals surface area contributed by atoms with Crippen LogP contribution < -0.4 is 11.1 Å². The zero-order valence-corrected chi connectivity index (χ0v) is 9.50. The third-order valence-electron chi connectivity index (χ3n) is 2.80. The van der Waals surface area contributed by atoms with Crippen LogP contribution in [0.2, 0.25) is 0 Å². The van der Waals surface area contributed by atoms with Gasteiger partial charge in [-0.05, 0) is 12.8 Å². The van der Waals surface area contributed by atoms with Gasteiger partial charge in [-0.3, -0.25) is 0 Å². The monoisotopic (exact) mass is 228 g/mol. The molecule has 1 rings (SSSR count). The van der Waals surface area contributed by atoms with Crippen molar-refractivity contribution in [2.24, 2.45) is 0 Å². The van der Waals surface area contributed by atoms with Crippen molar-refractivity contribution in [3.8, 4) is 0 Å². The number of hydrogen-bond acceptors (Lipinski definition) is 5. The number of hydrogen-bond donors (Lipinski definition) is 3. The summed E-state index contributed by atoms with van der Waals surface area (Å²) in [5, 5.41) is 12.2.